The summed E-state index contributed by atoms with van der Waals surface area (Å²) in [5.74, 6) is 1.91. The summed E-state index contributed by atoms with van der Waals surface area (Å²) in [6.45, 7) is 7.21. The Kier molecular flexibility index (Phi) is 16.2. The lowest BCUT2D eigenvalue weighted by molar-refractivity contribution is 0.604. The highest BCUT2D eigenvalue weighted by atomic mass is 32.4. The first-order valence-electron chi connectivity index (χ1n) is 14.6. The molecule has 0 aromatic heterocycles. The van der Waals surface area contributed by atoms with Gasteiger partial charge in [-0.15, -0.1) is 0 Å². The highest BCUT2D eigenvalue weighted by Crippen LogP contribution is 2.52. The van der Waals surface area contributed by atoms with Gasteiger partial charge < -0.3 is 18.8 Å². The first kappa shape index (κ1) is 35.6. The lowest BCUT2D eigenvalue weighted by atomic mass is 10.0. The van der Waals surface area contributed by atoms with Gasteiger partial charge in [-0.2, -0.15) is 13.5 Å². The van der Waals surface area contributed by atoms with Crippen molar-refractivity contribution in [2.24, 2.45) is 5.50 Å². The van der Waals surface area contributed by atoms with E-state index in [1.807, 2.05) is 50.0 Å². The van der Waals surface area contributed by atoms with E-state index in [9.17, 15) is 0 Å². The van der Waals surface area contributed by atoms with Gasteiger partial charge in [0.2, 0.25) is 2.86 Å². The molecule has 236 valence electrons. The molecule has 0 radical (unpaired) electrons. The molecule has 0 aliphatic carbocycles. The minimum absolute atomic E-state index is 0. The van der Waals surface area contributed by atoms with Crippen LogP contribution in [0.3, 0.4) is 0 Å². The maximum atomic E-state index is 6.32. The molecule has 2 aliphatic heterocycles. The Labute approximate surface area is 286 Å². The van der Waals surface area contributed by atoms with Crippen molar-refractivity contribution in [3.8, 4) is 33.8 Å². The second kappa shape index (κ2) is 20.0. The zero-order valence-corrected chi connectivity index (χ0v) is 31.1. The number of nitrogens with one attached hydrogen (secondary N) is 1. The van der Waals surface area contributed by atoms with Crippen LogP contribution in [0.2, 0.25) is 0 Å². The van der Waals surface area contributed by atoms with E-state index in [0.29, 0.717) is 0 Å². The van der Waals surface area contributed by atoms with E-state index in [4.69, 9.17) is 29.2 Å². The van der Waals surface area contributed by atoms with Crippen LogP contribution < -0.4 is 30.2 Å². The van der Waals surface area contributed by atoms with Crippen LogP contribution in [0.1, 0.15) is 26.7 Å². The number of nitrogens with two attached hydrogens (primary N) is 1. The Morgan fingerprint density at radius 2 is 1.43 bits per heavy atom. The summed E-state index contributed by atoms with van der Waals surface area (Å²) in [5, 5.41) is 5.99. The third kappa shape index (κ3) is 10.9. The van der Waals surface area contributed by atoms with Crippen LogP contribution in [-0.4, -0.2) is 32.0 Å². The minimum Gasteiger partial charge on any atom is -0.462 e. The molecule has 13 heteroatoms. The second-order valence-electron chi connectivity index (χ2n) is 9.47. The summed E-state index contributed by atoms with van der Waals surface area (Å²) >= 11 is 9.73. The van der Waals surface area contributed by atoms with E-state index < -0.39 is 22.9 Å². The van der Waals surface area contributed by atoms with Gasteiger partial charge in [-0.3, -0.25) is 10.6 Å². The van der Waals surface area contributed by atoms with Gasteiger partial charge in [-0.05, 0) is 71.8 Å². The summed E-state index contributed by atoms with van der Waals surface area (Å²) < 4.78 is 24.2. The van der Waals surface area contributed by atoms with Crippen molar-refractivity contribution in [2.45, 2.75) is 26.7 Å². The third-order valence-corrected chi connectivity index (χ3v) is 11.5. The molecule has 0 saturated carbocycles. The van der Waals surface area contributed by atoms with Crippen molar-refractivity contribution < 1.29 is 18.8 Å². The monoisotopic (exact) mass is 726 g/mol. The van der Waals surface area contributed by atoms with E-state index in [0.717, 1.165) is 42.6 Å². The summed E-state index contributed by atoms with van der Waals surface area (Å²) in [4.78, 5) is 7.66. The van der Waals surface area contributed by atoms with Crippen molar-refractivity contribution in [3.05, 3.63) is 97.1 Å². The molecule has 0 saturated heterocycles. The van der Waals surface area contributed by atoms with Crippen molar-refractivity contribution in [1.82, 2.24) is 5.09 Å². The highest BCUT2D eigenvalue weighted by molar-refractivity contribution is 8.15. The summed E-state index contributed by atoms with van der Waals surface area (Å²) in [7, 11) is -1.39. The molecule has 0 bridgehead atoms. The molecular formula is C31H40N2O4P4S3. The molecule has 5 N–H and O–H groups in total. The fourth-order valence-electron chi connectivity index (χ4n) is 4.41. The molecule has 6 nitrogen and oxygen atoms in total. The Morgan fingerprint density at radius 3 is 2.02 bits per heavy atom. The van der Waals surface area contributed by atoms with E-state index in [1.165, 1.54) is 27.3 Å². The van der Waals surface area contributed by atoms with E-state index in [1.54, 1.807) is 0 Å². The van der Waals surface area contributed by atoms with Crippen molar-refractivity contribution in [3.63, 3.8) is 0 Å². The molecular weight excluding hydrogens is 684 g/mol. The fraction of sp³-hybridized carbons (Fsp3) is 0.226. The Morgan fingerprint density at radius 1 is 0.886 bits per heavy atom. The van der Waals surface area contributed by atoms with Gasteiger partial charge in [0.25, 0.3) is 0 Å². The van der Waals surface area contributed by atoms with Crippen LogP contribution in [0.25, 0.3) is 22.3 Å². The van der Waals surface area contributed by atoms with Gasteiger partial charge in [-0.25, -0.2) is 0 Å². The number of para-hydroxylation sites is 2. The maximum Gasteiger partial charge on any atom is 0.224 e. The molecule has 6 rings (SSSR count). The molecule has 4 aromatic rings. The smallest absolute Gasteiger partial charge is 0.224 e. The Hall–Kier alpha value is -1.30. The number of rotatable bonds is 7. The van der Waals surface area contributed by atoms with E-state index in [2.05, 4.69) is 94.3 Å². The predicted molar refractivity (Wildman–Crippen MR) is 205 cm³/mol. The molecule has 3 atom stereocenters. The highest BCUT2D eigenvalue weighted by Gasteiger charge is 2.27. The predicted octanol–water partition coefficient (Wildman–Crippen LogP) is 8.15. The normalized spacial score (nSPS) is 17.8. The standard InChI is InChI=1S/C15H16NOP.C13H11OPS.C3H10NOP.HOPS.H2S/c1-2-11-16-18-15-10-6-4-8-13(15)12-7-3-5-9-14(12)17-18;1-15(16)13-9-5-3-7-11(13)10-6-2-4-8-12(10)14-15;1-2-3-6(4)5;1-2-3;/h3-10,16H,2,11H2,1H3;2-9H,1H3;5H,2-4H2,1H3;(H,1,3);1H2/i;;5D;;/hD. The molecule has 0 fully saturated rings. The van der Waals surface area contributed by atoms with Gasteiger partial charge >= 0.3 is 0 Å². The van der Waals surface area contributed by atoms with Crippen LogP contribution in [0.4, 0.5) is 0 Å². The second-order valence-corrected chi connectivity index (χ2v) is 17.4. The van der Waals surface area contributed by atoms with Crippen LogP contribution in [0.15, 0.2) is 97.1 Å². The number of fused-ring (bicyclic) bond motifs is 6. The Bertz CT molecular complexity index is 1580. The number of hydrogen-bond acceptors (Lipinski definition) is 8. The topological polar surface area (TPSA) is 97.0 Å². The lowest BCUT2D eigenvalue weighted by Crippen LogP contribution is -2.24. The first-order valence-corrected chi connectivity index (χ1v) is 21.5. The van der Waals surface area contributed by atoms with Crippen molar-refractivity contribution in [1.29, 1.82) is 2.86 Å². The largest absolute Gasteiger partial charge is 0.462 e. The molecule has 3 unspecified atom stereocenters. The first-order chi connectivity index (χ1) is 21.8. The molecule has 0 spiro atoms. The average molecular weight is 727 g/mol. The van der Waals surface area contributed by atoms with Crippen LogP contribution in [0, 0.1) is 0 Å². The summed E-state index contributed by atoms with van der Waals surface area (Å²) in [5.41, 5.74) is 10.1. The molecule has 0 amide bonds. The minimum atomic E-state index is -1.88. The van der Waals surface area contributed by atoms with Crippen LogP contribution >= 0.6 is 43.9 Å². The lowest BCUT2D eigenvalue weighted by Gasteiger charge is -2.28. The fourth-order valence-corrected chi connectivity index (χ4v) is 8.94. The number of benzene rings is 4. The van der Waals surface area contributed by atoms with Crippen molar-refractivity contribution in [2.75, 3.05) is 19.4 Å². The van der Waals surface area contributed by atoms with Crippen LogP contribution in [0.5, 0.6) is 11.5 Å². The summed E-state index contributed by atoms with van der Waals surface area (Å²) in [6, 6.07) is 33.2. The molecule has 44 heavy (non-hydrogen) atoms. The van der Waals surface area contributed by atoms with Crippen LogP contribution in [-0.2, 0) is 23.6 Å². The SMILES string of the molecule is CCCNP1Oc2ccccc2-c2ccccc21.CP1(=S)Oc2ccccc2-c2ccccc21.S.[2H]OP(N)CCC.[2H]OP=S. The molecule has 4 aromatic carbocycles. The van der Waals surface area contributed by atoms with Gasteiger partial charge in [0.1, 0.15) is 25.3 Å². The number of hydrogen-bond donors (Lipinski definition) is 4. The van der Waals surface area contributed by atoms with Gasteiger partial charge in [-0.1, -0.05) is 86.6 Å². The quantitative estimate of drug-likeness (QED) is 0.142. The average Bonchev–Trinajstić information content (AvgIpc) is 3.08. The van der Waals surface area contributed by atoms with Crippen molar-refractivity contribution >= 4 is 78.2 Å². The van der Waals surface area contributed by atoms with E-state index in [-0.39, 0.29) is 21.1 Å². The van der Waals surface area contributed by atoms with Gasteiger partial charge in [0.15, 0.2) is 8.30 Å². The zero-order chi connectivity index (χ0) is 32.7. The third-order valence-electron chi connectivity index (χ3n) is 6.23. The molecule has 2 aliphatic rings. The van der Waals surface area contributed by atoms with Gasteiger partial charge in [0, 0.05) is 41.1 Å². The summed E-state index contributed by atoms with van der Waals surface area (Å²) in [6.07, 6.45) is 1.07. The maximum absolute atomic E-state index is 6.32. The molecule has 2 heterocycles. The van der Waals surface area contributed by atoms with E-state index >= 15 is 0 Å². The Balaban J connectivity index is 0.000000241. The zero-order valence-electron chi connectivity index (χ0n) is 26.9. The van der Waals surface area contributed by atoms with Gasteiger partial charge in [0.05, 0.1) is 8.30 Å².